The van der Waals surface area contributed by atoms with Gasteiger partial charge in [-0.25, -0.2) is 0 Å². The average molecular weight is 305 g/mol. The molecule has 0 spiro atoms. The fraction of sp³-hybridized carbons (Fsp3) is 0.267. The number of hydrogen-bond acceptors (Lipinski definition) is 2. The van der Waals surface area contributed by atoms with Crippen molar-refractivity contribution >= 4 is 15.9 Å². The molecule has 0 saturated carbocycles. The van der Waals surface area contributed by atoms with Crippen molar-refractivity contribution in [2.45, 2.75) is 25.9 Å². The Balaban J connectivity index is 2.05. The highest BCUT2D eigenvalue weighted by Gasteiger charge is 2.10. The van der Waals surface area contributed by atoms with E-state index in [0.717, 1.165) is 4.47 Å². The summed E-state index contributed by atoms with van der Waals surface area (Å²) < 4.78 is 1.12. The molecule has 18 heavy (non-hydrogen) atoms. The summed E-state index contributed by atoms with van der Waals surface area (Å²) in [5.41, 5.74) is 2.54. The molecule has 0 aliphatic rings. The minimum atomic E-state index is 0.307. The SMILES string of the molecule is CC(N[C@H](C)c1cccc(Br)c1)c1ccncc1. The third kappa shape index (κ3) is 3.40. The van der Waals surface area contributed by atoms with Crippen LogP contribution in [0.5, 0.6) is 0 Å². The molecule has 2 nitrogen and oxygen atoms in total. The lowest BCUT2D eigenvalue weighted by atomic mass is 10.1. The molecule has 2 rings (SSSR count). The summed E-state index contributed by atoms with van der Waals surface area (Å²) in [5.74, 6) is 0. The first-order valence-electron chi connectivity index (χ1n) is 6.08. The molecular weight excluding hydrogens is 288 g/mol. The Bertz CT molecular complexity index is 499. The van der Waals surface area contributed by atoms with Crippen LogP contribution in [0, 0.1) is 0 Å². The highest BCUT2D eigenvalue weighted by Crippen LogP contribution is 2.21. The van der Waals surface area contributed by atoms with E-state index in [1.54, 1.807) is 0 Å². The zero-order valence-electron chi connectivity index (χ0n) is 10.6. The van der Waals surface area contributed by atoms with Crippen LogP contribution in [0.2, 0.25) is 0 Å². The summed E-state index contributed by atoms with van der Waals surface area (Å²) in [6.45, 7) is 4.35. The largest absolute Gasteiger partial charge is 0.304 e. The Labute approximate surface area is 117 Å². The summed E-state index contributed by atoms with van der Waals surface area (Å²) in [7, 11) is 0. The lowest BCUT2D eigenvalue weighted by Crippen LogP contribution is -2.22. The van der Waals surface area contributed by atoms with Crippen molar-refractivity contribution in [3.63, 3.8) is 0 Å². The van der Waals surface area contributed by atoms with E-state index in [1.165, 1.54) is 11.1 Å². The van der Waals surface area contributed by atoms with Gasteiger partial charge in [-0.15, -0.1) is 0 Å². The molecule has 2 aromatic rings. The molecule has 0 fully saturated rings. The van der Waals surface area contributed by atoms with E-state index in [9.17, 15) is 0 Å². The predicted molar refractivity (Wildman–Crippen MR) is 78.3 cm³/mol. The second kappa shape index (κ2) is 6.12. The number of nitrogens with zero attached hydrogens (tertiary/aromatic N) is 1. The van der Waals surface area contributed by atoms with Gasteiger partial charge in [0.2, 0.25) is 0 Å². The van der Waals surface area contributed by atoms with Crippen LogP contribution in [0.3, 0.4) is 0 Å². The highest BCUT2D eigenvalue weighted by molar-refractivity contribution is 9.10. The van der Waals surface area contributed by atoms with Crippen molar-refractivity contribution in [3.8, 4) is 0 Å². The quantitative estimate of drug-likeness (QED) is 0.913. The Morgan fingerprint density at radius 2 is 1.67 bits per heavy atom. The number of halogens is 1. The van der Waals surface area contributed by atoms with Crippen molar-refractivity contribution in [3.05, 3.63) is 64.4 Å². The molecule has 1 N–H and O–H groups in total. The number of aromatic nitrogens is 1. The number of hydrogen-bond donors (Lipinski definition) is 1. The van der Waals surface area contributed by atoms with Gasteiger partial charge in [0, 0.05) is 29.0 Å². The zero-order valence-corrected chi connectivity index (χ0v) is 12.2. The third-order valence-electron chi connectivity index (χ3n) is 3.05. The molecule has 0 saturated heterocycles. The van der Waals surface area contributed by atoms with Gasteiger partial charge in [-0.05, 0) is 49.2 Å². The Morgan fingerprint density at radius 3 is 2.33 bits per heavy atom. The van der Waals surface area contributed by atoms with Gasteiger partial charge in [0.05, 0.1) is 0 Å². The maximum atomic E-state index is 4.04. The molecule has 0 aliphatic heterocycles. The molecule has 0 aliphatic carbocycles. The zero-order chi connectivity index (χ0) is 13.0. The number of nitrogens with one attached hydrogen (secondary N) is 1. The van der Waals surface area contributed by atoms with E-state index in [0.29, 0.717) is 12.1 Å². The van der Waals surface area contributed by atoms with E-state index in [2.05, 4.69) is 58.3 Å². The van der Waals surface area contributed by atoms with Gasteiger partial charge >= 0.3 is 0 Å². The lowest BCUT2D eigenvalue weighted by Gasteiger charge is -2.20. The normalized spacial score (nSPS) is 14.2. The van der Waals surface area contributed by atoms with Crippen LogP contribution in [-0.2, 0) is 0 Å². The molecule has 0 amide bonds. The lowest BCUT2D eigenvalue weighted by molar-refractivity contribution is 0.494. The molecule has 1 aromatic heterocycles. The van der Waals surface area contributed by atoms with Crippen LogP contribution in [0.4, 0.5) is 0 Å². The molecular formula is C15H17BrN2. The fourth-order valence-corrected chi connectivity index (χ4v) is 2.41. The first-order valence-corrected chi connectivity index (χ1v) is 6.87. The van der Waals surface area contributed by atoms with Crippen molar-refractivity contribution in [2.75, 3.05) is 0 Å². The molecule has 1 unspecified atom stereocenters. The summed E-state index contributed by atoms with van der Waals surface area (Å²) in [6, 6.07) is 13.1. The first kappa shape index (κ1) is 13.2. The smallest absolute Gasteiger partial charge is 0.0298 e. The highest BCUT2D eigenvalue weighted by atomic mass is 79.9. The van der Waals surface area contributed by atoms with Gasteiger partial charge in [0.25, 0.3) is 0 Å². The summed E-state index contributed by atoms with van der Waals surface area (Å²) in [6.07, 6.45) is 3.66. The monoisotopic (exact) mass is 304 g/mol. The summed E-state index contributed by atoms with van der Waals surface area (Å²) in [5, 5.41) is 3.59. The Hall–Kier alpha value is -1.19. The van der Waals surface area contributed by atoms with Crippen LogP contribution in [0.15, 0.2) is 53.3 Å². The summed E-state index contributed by atoms with van der Waals surface area (Å²) in [4.78, 5) is 4.04. The molecule has 1 aromatic carbocycles. The number of rotatable bonds is 4. The standard InChI is InChI=1S/C15H17BrN2/c1-11(13-6-8-17-9-7-13)18-12(2)14-4-3-5-15(16)10-14/h3-12,18H,1-2H3/t11?,12-/m1/s1. The van der Waals surface area contributed by atoms with Gasteiger partial charge in [0.1, 0.15) is 0 Å². The minimum Gasteiger partial charge on any atom is -0.304 e. The van der Waals surface area contributed by atoms with Gasteiger partial charge < -0.3 is 5.32 Å². The van der Waals surface area contributed by atoms with Crippen LogP contribution < -0.4 is 5.32 Å². The van der Waals surface area contributed by atoms with Gasteiger partial charge in [-0.2, -0.15) is 0 Å². The first-order chi connectivity index (χ1) is 8.66. The molecule has 94 valence electrons. The fourth-order valence-electron chi connectivity index (χ4n) is 2.00. The van der Waals surface area contributed by atoms with Crippen LogP contribution >= 0.6 is 15.9 Å². The molecule has 1 heterocycles. The van der Waals surface area contributed by atoms with Crippen LogP contribution in [0.25, 0.3) is 0 Å². The van der Waals surface area contributed by atoms with E-state index >= 15 is 0 Å². The predicted octanol–water partition coefficient (Wildman–Crippen LogP) is 4.26. The Morgan fingerprint density at radius 1 is 1.00 bits per heavy atom. The molecule has 0 radical (unpaired) electrons. The second-order valence-corrected chi connectivity index (χ2v) is 5.36. The van der Waals surface area contributed by atoms with Crippen LogP contribution in [0.1, 0.15) is 37.1 Å². The van der Waals surface area contributed by atoms with E-state index < -0.39 is 0 Å². The third-order valence-corrected chi connectivity index (χ3v) is 3.55. The summed E-state index contributed by atoms with van der Waals surface area (Å²) >= 11 is 3.51. The van der Waals surface area contributed by atoms with E-state index in [4.69, 9.17) is 0 Å². The van der Waals surface area contributed by atoms with Gasteiger partial charge in [-0.3, -0.25) is 4.98 Å². The van der Waals surface area contributed by atoms with Crippen LogP contribution in [-0.4, -0.2) is 4.98 Å². The van der Waals surface area contributed by atoms with Crippen molar-refractivity contribution in [2.24, 2.45) is 0 Å². The van der Waals surface area contributed by atoms with Crippen molar-refractivity contribution in [1.82, 2.24) is 10.3 Å². The second-order valence-electron chi connectivity index (χ2n) is 4.45. The van der Waals surface area contributed by atoms with E-state index in [1.807, 2.05) is 30.6 Å². The van der Waals surface area contributed by atoms with Gasteiger partial charge in [0.15, 0.2) is 0 Å². The average Bonchev–Trinajstić information content (AvgIpc) is 2.39. The van der Waals surface area contributed by atoms with Crippen molar-refractivity contribution < 1.29 is 0 Å². The topological polar surface area (TPSA) is 24.9 Å². The molecule has 3 heteroatoms. The maximum Gasteiger partial charge on any atom is 0.0298 e. The number of benzene rings is 1. The Kier molecular flexibility index (Phi) is 4.50. The minimum absolute atomic E-state index is 0.307. The maximum absolute atomic E-state index is 4.04. The van der Waals surface area contributed by atoms with Crippen molar-refractivity contribution in [1.29, 1.82) is 0 Å². The van der Waals surface area contributed by atoms with Gasteiger partial charge in [-0.1, -0.05) is 28.1 Å². The number of pyridine rings is 1. The van der Waals surface area contributed by atoms with E-state index in [-0.39, 0.29) is 0 Å². The molecule has 0 bridgehead atoms. The molecule has 2 atom stereocenters.